The molecule has 2 aromatic rings. The number of carbonyl (C=O) groups is 1. The molecule has 0 aliphatic heterocycles. The third kappa shape index (κ3) is 3.19. The average molecular weight is 278 g/mol. The van der Waals surface area contributed by atoms with Crippen molar-refractivity contribution in [2.45, 2.75) is 13.8 Å². The molecule has 7 heteroatoms. The van der Waals surface area contributed by atoms with Crippen LogP contribution in [0.2, 0.25) is 0 Å². The third-order valence-corrected chi connectivity index (χ3v) is 2.80. The second-order valence-corrected chi connectivity index (χ2v) is 4.39. The number of amides is 1. The first-order valence-corrected chi connectivity index (χ1v) is 6.11. The van der Waals surface area contributed by atoms with Crippen molar-refractivity contribution in [1.82, 2.24) is 14.9 Å². The molecular formula is C12H14N4O2S. The number of aromatic nitrogens is 3. The zero-order valence-corrected chi connectivity index (χ0v) is 11.5. The van der Waals surface area contributed by atoms with Gasteiger partial charge < -0.3 is 4.74 Å². The molecule has 0 radical (unpaired) electrons. The standard InChI is InChI=1S/C12H14N4O2S/c1-8-5-3-4-6-10(8)18-7-11(17)15-16-9(2)13-14-12(16)19/h3-6H,7H2,1-2H3,(H,14,19)(H,15,17). The van der Waals surface area contributed by atoms with E-state index < -0.39 is 0 Å². The van der Waals surface area contributed by atoms with Crippen LogP contribution in [-0.2, 0) is 4.79 Å². The summed E-state index contributed by atoms with van der Waals surface area (Å²) in [5.74, 6) is 0.961. The normalized spacial score (nSPS) is 10.2. The summed E-state index contributed by atoms with van der Waals surface area (Å²) in [6.07, 6.45) is 0. The molecule has 0 fully saturated rings. The van der Waals surface area contributed by atoms with E-state index in [1.54, 1.807) is 6.92 Å². The minimum atomic E-state index is -0.302. The zero-order chi connectivity index (χ0) is 13.8. The maximum absolute atomic E-state index is 11.8. The van der Waals surface area contributed by atoms with Gasteiger partial charge in [-0.25, -0.2) is 4.68 Å². The van der Waals surface area contributed by atoms with Crippen LogP contribution in [0.1, 0.15) is 11.4 Å². The Morgan fingerprint density at radius 2 is 2.21 bits per heavy atom. The van der Waals surface area contributed by atoms with Crippen molar-refractivity contribution in [1.29, 1.82) is 0 Å². The molecule has 19 heavy (non-hydrogen) atoms. The van der Waals surface area contributed by atoms with Crippen molar-refractivity contribution < 1.29 is 9.53 Å². The lowest BCUT2D eigenvalue weighted by Gasteiger charge is -2.10. The highest BCUT2D eigenvalue weighted by molar-refractivity contribution is 7.71. The maximum atomic E-state index is 11.8. The van der Waals surface area contributed by atoms with Crippen LogP contribution in [0.4, 0.5) is 0 Å². The number of carbonyl (C=O) groups excluding carboxylic acids is 1. The number of hydrogen-bond acceptors (Lipinski definition) is 4. The fraction of sp³-hybridized carbons (Fsp3) is 0.250. The van der Waals surface area contributed by atoms with E-state index in [1.807, 2.05) is 31.2 Å². The first-order chi connectivity index (χ1) is 9.08. The maximum Gasteiger partial charge on any atom is 0.276 e. The largest absolute Gasteiger partial charge is 0.483 e. The van der Waals surface area contributed by atoms with Gasteiger partial charge in [0.05, 0.1) is 0 Å². The Hall–Kier alpha value is -2.15. The molecule has 2 rings (SSSR count). The summed E-state index contributed by atoms with van der Waals surface area (Å²) in [4.78, 5) is 11.8. The van der Waals surface area contributed by atoms with Crippen molar-refractivity contribution in [3.8, 4) is 5.75 Å². The summed E-state index contributed by atoms with van der Waals surface area (Å²) in [5, 5.41) is 6.48. The summed E-state index contributed by atoms with van der Waals surface area (Å²) in [6.45, 7) is 3.57. The van der Waals surface area contributed by atoms with Gasteiger partial charge in [-0.1, -0.05) is 18.2 Å². The van der Waals surface area contributed by atoms with E-state index in [2.05, 4.69) is 15.6 Å². The fourth-order valence-electron chi connectivity index (χ4n) is 1.53. The highest BCUT2D eigenvalue weighted by Crippen LogP contribution is 2.15. The van der Waals surface area contributed by atoms with Gasteiger partial charge in [-0.3, -0.25) is 15.3 Å². The van der Waals surface area contributed by atoms with Crippen molar-refractivity contribution in [3.63, 3.8) is 0 Å². The molecule has 0 saturated heterocycles. The van der Waals surface area contributed by atoms with Gasteiger partial charge in [-0.05, 0) is 37.7 Å². The number of nitrogens with zero attached hydrogens (tertiary/aromatic N) is 2. The van der Waals surface area contributed by atoms with Crippen molar-refractivity contribution in [2.24, 2.45) is 0 Å². The van der Waals surface area contributed by atoms with Crippen molar-refractivity contribution in [3.05, 3.63) is 40.4 Å². The van der Waals surface area contributed by atoms with Crippen LogP contribution in [0.15, 0.2) is 24.3 Å². The lowest BCUT2D eigenvalue weighted by atomic mass is 10.2. The van der Waals surface area contributed by atoms with E-state index in [0.717, 1.165) is 5.56 Å². The van der Waals surface area contributed by atoms with Crippen LogP contribution >= 0.6 is 12.2 Å². The van der Waals surface area contributed by atoms with E-state index in [9.17, 15) is 4.79 Å². The van der Waals surface area contributed by atoms with Crippen LogP contribution in [0.5, 0.6) is 5.75 Å². The second-order valence-electron chi connectivity index (χ2n) is 4.00. The summed E-state index contributed by atoms with van der Waals surface area (Å²) in [5.41, 5.74) is 3.58. The number of para-hydroxylation sites is 1. The highest BCUT2D eigenvalue weighted by Gasteiger charge is 2.07. The number of aromatic amines is 1. The van der Waals surface area contributed by atoms with E-state index >= 15 is 0 Å². The highest BCUT2D eigenvalue weighted by atomic mass is 32.1. The Balaban J connectivity index is 1.96. The van der Waals surface area contributed by atoms with Gasteiger partial charge in [0.2, 0.25) is 4.77 Å². The molecule has 0 spiro atoms. The number of aryl methyl sites for hydroxylation is 2. The van der Waals surface area contributed by atoms with Gasteiger partial charge in [0, 0.05) is 0 Å². The Labute approximate surface area is 115 Å². The van der Waals surface area contributed by atoms with Gasteiger partial charge >= 0.3 is 0 Å². The quantitative estimate of drug-likeness (QED) is 0.835. The van der Waals surface area contributed by atoms with E-state index in [1.165, 1.54) is 4.68 Å². The Morgan fingerprint density at radius 1 is 1.47 bits per heavy atom. The van der Waals surface area contributed by atoms with Crippen LogP contribution in [0.25, 0.3) is 0 Å². The van der Waals surface area contributed by atoms with Gasteiger partial charge in [0.25, 0.3) is 5.91 Å². The molecular weight excluding hydrogens is 264 g/mol. The van der Waals surface area contributed by atoms with Crippen LogP contribution in [0.3, 0.4) is 0 Å². The number of benzene rings is 1. The van der Waals surface area contributed by atoms with E-state index in [0.29, 0.717) is 16.3 Å². The van der Waals surface area contributed by atoms with E-state index in [-0.39, 0.29) is 12.5 Å². The zero-order valence-electron chi connectivity index (χ0n) is 10.6. The summed E-state index contributed by atoms with van der Waals surface area (Å²) < 4.78 is 7.17. The minimum Gasteiger partial charge on any atom is -0.483 e. The second kappa shape index (κ2) is 5.66. The summed E-state index contributed by atoms with van der Waals surface area (Å²) in [7, 11) is 0. The van der Waals surface area contributed by atoms with Gasteiger partial charge in [-0.2, -0.15) is 5.10 Å². The molecule has 1 aromatic carbocycles. The van der Waals surface area contributed by atoms with Gasteiger partial charge in [-0.15, -0.1) is 0 Å². The topological polar surface area (TPSA) is 71.9 Å². The number of nitrogens with one attached hydrogen (secondary N) is 2. The Bertz CT molecular complexity index is 647. The number of ether oxygens (including phenoxy) is 1. The number of H-pyrrole nitrogens is 1. The lowest BCUT2D eigenvalue weighted by molar-refractivity contribution is -0.119. The molecule has 0 aliphatic carbocycles. The predicted octanol–water partition coefficient (Wildman–Crippen LogP) is 1.71. The Morgan fingerprint density at radius 3 is 2.84 bits per heavy atom. The molecule has 0 saturated carbocycles. The molecule has 0 bridgehead atoms. The molecule has 1 aromatic heterocycles. The molecule has 100 valence electrons. The number of rotatable bonds is 4. The summed E-state index contributed by atoms with van der Waals surface area (Å²) >= 11 is 4.98. The number of hydrogen-bond donors (Lipinski definition) is 2. The Kier molecular flexibility index (Phi) is 3.96. The first kappa shape index (κ1) is 13.3. The van der Waals surface area contributed by atoms with E-state index in [4.69, 9.17) is 17.0 Å². The van der Waals surface area contributed by atoms with Gasteiger partial charge in [0.1, 0.15) is 11.6 Å². The monoisotopic (exact) mass is 278 g/mol. The molecule has 0 aliphatic rings. The average Bonchev–Trinajstić information content (AvgIpc) is 2.70. The molecule has 0 atom stereocenters. The first-order valence-electron chi connectivity index (χ1n) is 5.70. The molecule has 1 heterocycles. The van der Waals surface area contributed by atoms with Gasteiger partial charge in [0.15, 0.2) is 6.61 Å². The molecule has 1 amide bonds. The molecule has 2 N–H and O–H groups in total. The summed E-state index contributed by atoms with van der Waals surface area (Å²) in [6, 6.07) is 7.51. The lowest BCUT2D eigenvalue weighted by Crippen LogP contribution is -2.28. The SMILES string of the molecule is Cc1ccccc1OCC(=O)Nn1c(C)n[nH]c1=S. The van der Waals surface area contributed by atoms with Crippen molar-refractivity contribution in [2.75, 3.05) is 12.0 Å². The van der Waals surface area contributed by atoms with Crippen LogP contribution in [0, 0.1) is 18.6 Å². The van der Waals surface area contributed by atoms with Crippen LogP contribution in [-0.4, -0.2) is 27.4 Å². The molecule has 6 nitrogen and oxygen atoms in total. The smallest absolute Gasteiger partial charge is 0.276 e. The molecule has 0 unspecified atom stereocenters. The fourth-order valence-corrected chi connectivity index (χ4v) is 1.75. The minimum absolute atomic E-state index is 0.0861. The van der Waals surface area contributed by atoms with Crippen LogP contribution < -0.4 is 10.2 Å². The third-order valence-electron chi connectivity index (χ3n) is 2.53. The van der Waals surface area contributed by atoms with Crippen molar-refractivity contribution >= 4 is 18.1 Å². The predicted molar refractivity (Wildman–Crippen MR) is 73.2 cm³/mol.